The van der Waals surface area contributed by atoms with E-state index < -0.39 is 10.0 Å². The molecule has 0 unspecified atom stereocenters. The van der Waals surface area contributed by atoms with Crippen LogP contribution < -0.4 is 17.1 Å². The van der Waals surface area contributed by atoms with Crippen LogP contribution in [0.4, 0.5) is 5.69 Å². The molecule has 0 atom stereocenters. The van der Waals surface area contributed by atoms with Crippen molar-refractivity contribution in [1.82, 2.24) is 4.72 Å². The van der Waals surface area contributed by atoms with E-state index >= 15 is 0 Å². The van der Waals surface area contributed by atoms with E-state index in [2.05, 4.69) is 9.70 Å². The number of diazo groups is 1. The first-order valence-corrected chi connectivity index (χ1v) is 5.58. The minimum absolute atomic E-state index is 0. The van der Waals surface area contributed by atoms with Gasteiger partial charge in [0.2, 0.25) is 15.4 Å². The smallest absolute Gasteiger partial charge is 0.385 e. The van der Waals surface area contributed by atoms with E-state index in [0.717, 1.165) is 0 Å². The highest BCUT2D eigenvalue weighted by Gasteiger charge is 2.10. The zero-order valence-electron chi connectivity index (χ0n) is 8.01. The van der Waals surface area contributed by atoms with Crippen molar-refractivity contribution in [2.75, 3.05) is 7.05 Å². The molecule has 1 rings (SSSR count). The van der Waals surface area contributed by atoms with Crippen molar-refractivity contribution in [3.05, 3.63) is 34.8 Å². The van der Waals surface area contributed by atoms with Gasteiger partial charge in [-0.1, -0.05) is 0 Å². The van der Waals surface area contributed by atoms with Crippen LogP contribution in [0.2, 0.25) is 0 Å². The van der Waals surface area contributed by atoms with Gasteiger partial charge in [-0.2, -0.15) is 0 Å². The molecule has 0 bridgehead atoms. The van der Waals surface area contributed by atoms with E-state index in [1.807, 2.05) is 0 Å². The highest BCUT2D eigenvalue weighted by Crippen LogP contribution is 2.13. The first-order valence-electron chi connectivity index (χ1n) is 3.92. The Morgan fingerprint density at radius 3 is 2.27 bits per heavy atom. The summed E-state index contributed by atoms with van der Waals surface area (Å²) in [4.78, 5) is 2.96. The molecule has 5 nitrogen and oxygen atoms in total. The van der Waals surface area contributed by atoms with E-state index in [1.165, 1.54) is 7.05 Å². The van der Waals surface area contributed by atoms with Crippen LogP contribution >= 0.6 is 0 Å². The molecule has 0 aliphatic rings. The molecular weight excluding hydrogens is 238 g/mol. The van der Waals surface area contributed by atoms with Crippen LogP contribution in [-0.4, -0.2) is 15.5 Å². The van der Waals surface area contributed by atoms with Gasteiger partial charge in [-0.25, -0.2) is 13.1 Å². The van der Waals surface area contributed by atoms with Crippen LogP contribution in [0.5, 0.6) is 0 Å². The molecule has 0 heterocycles. The lowest BCUT2D eigenvalue weighted by Crippen LogP contribution is -3.00. The van der Waals surface area contributed by atoms with Crippen LogP contribution in [0.15, 0.2) is 24.3 Å². The highest BCUT2D eigenvalue weighted by atomic mass is 35.5. The normalized spacial score (nSPS) is 10.1. The molecule has 0 saturated carbocycles. The summed E-state index contributed by atoms with van der Waals surface area (Å²) < 4.78 is 24.5. The molecule has 0 aromatic heterocycles. The molecule has 0 amide bonds. The van der Waals surface area contributed by atoms with Gasteiger partial charge in [0.25, 0.3) is 0 Å². The molecular formula is C8H10ClN3O2S. The lowest BCUT2D eigenvalue weighted by atomic mass is 10.2. The Kier molecular flexibility index (Phi) is 5.22. The van der Waals surface area contributed by atoms with Crippen molar-refractivity contribution >= 4 is 15.7 Å². The number of rotatable bonds is 3. The number of halogens is 1. The molecule has 82 valence electrons. The van der Waals surface area contributed by atoms with E-state index in [4.69, 9.17) is 5.39 Å². The maximum atomic E-state index is 11.1. The van der Waals surface area contributed by atoms with E-state index in [-0.39, 0.29) is 18.2 Å². The molecule has 0 saturated heterocycles. The third-order valence-corrected chi connectivity index (χ3v) is 3.05. The number of nitrogens with zero attached hydrogens (tertiary/aromatic N) is 2. The first-order chi connectivity index (χ1) is 6.57. The fourth-order valence-electron chi connectivity index (χ4n) is 0.950. The highest BCUT2D eigenvalue weighted by molar-refractivity contribution is 7.88. The van der Waals surface area contributed by atoms with Crippen molar-refractivity contribution in [2.24, 2.45) is 0 Å². The van der Waals surface area contributed by atoms with Crippen LogP contribution in [-0.2, 0) is 15.8 Å². The second kappa shape index (κ2) is 5.66. The van der Waals surface area contributed by atoms with Gasteiger partial charge in [-0.15, -0.1) is 0 Å². The summed E-state index contributed by atoms with van der Waals surface area (Å²) >= 11 is 0. The Morgan fingerprint density at radius 1 is 1.33 bits per heavy atom. The lowest BCUT2D eigenvalue weighted by Gasteiger charge is -2.00. The third kappa shape index (κ3) is 4.25. The molecule has 0 fully saturated rings. The van der Waals surface area contributed by atoms with Gasteiger partial charge in [-0.05, 0) is 24.7 Å². The van der Waals surface area contributed by atoms with Crippen LogP contribution in [0, 0.1) is 5.39 Å². The number of hydrogen-bond donors (Lipinski definition) is 1. The summed E-state index contributed by atoms with van der Waals surface area (Å²) in [6, 6.07) is 6.29. The van der Waals surface area contributed by atoms with Crippen LogP contribution in [0.1, 0.15) is 5.56 Å². The molecule has 1 N–H and O–H groups in total. The van der Waals surface area contributed by atoms with Crippen LogP contribution in [0.25, 0.3) is 4.98 Å². The number of benzene rings is 1. The summed E-state index contributed by atoms with van der Waals surface area (Å²) in [5.41, 5.74) is 1.04. The lowest BCUT2D eigenvalue weighted by molar-refractivity contribution is -0.00000574. The largest absolute Gasteiger partial charge is 1.00 e. The van der Waals surface area contributed by atoms with Crippen LogP contribution in [0.3, 0.4) is 0 Å². The summed E-state index contributed by atoms with van der Waals surface area (Å²) in [5, 5.41) is 8.40. The van der Waals surface area contributed by atoms with Crippen molar-refractivity contribution in [2.45, 2.75) is 5.75 Å². The summed E-state index contributed by atoms with van der Waals surface area (Å²) in [7, 11) is -1.87. The molecule has 0 aliphatic heterocycles. The summed E-state index contributed by atoms with van der Waals surface area (Å²) in [6.07, 6.45) is 0. The second-order valence-corrected chi connectivity index (χ2v) is 4.66. The predicted molar refractivity (Wildman–Crippen MR) is 52.9 cm³/mol. The van der Waals surface area contributed by atoms with Gasteiger partial charge < -0.3 is 12.4 Å². The maximum Gasteiger partial charge on any atom is 0.385 e. The van der Waals surface area contributed by atoms with Gasteiger partial charge in [-0.3, -0.25) is 0 Å². The Hall–Kier alpha value is -1.16. The SMILES string of the molecule is CNS(=O)(=O)Cc1ccc([N+]#N)cc1.[Cl-]. The standard InChI is InChI=1S/C8H10N3O2S.ClH/c1-10-14(12,13)6-7-2-4-8(11-9)5-3-7;/h2-5,10H,6H2,1H3;1H/q+1;/p-1. The number of sulfonamides is 1. The topological polar surface area (TPSA) is 74.3 Å². The zero-order valence-corrected chi connectivity index (χ0v) is 9.59. The van der Waals surface area contributed by atoms with Crippen molar-refractivity contribution in [3.8, 4) is 0 Å². The monoisotopic (exact) mass is 247 g/mol. The van der Waals surface area contributed by atoms with Gasteiger partial charge in [0.05, 0.1) is 5.75 Å². The molecule has 7 heteroatoms. The van der Waals surface area contributed by atoms with E-state index in [0.29, 0.717) is 11.3 Å². The average molecular weight is 248 g/mol. The van der Waals surface area contributed by atoms with Gasteiger partial charge in [0.15, 0.2) is 4.98 Å². The third-order valence-electron chi connectivity index (χ3n) is 1.72. The van der Waals surface area contributed by atoms with Crippen molar-refractivity contribution in [3.63, 3.8) is 0 Å². The number of nitrogens with one attached hydrogen (secondary N) is 1. The van der Waals surface area contributed by atoms with Gasteiger partial charge in [0, 0.05) is 12.1 Å². The number of hydrogen-bond acceptors (Lipinski definition) is 3. The van der Waals surface area contributed by atoms with E-state index in [9.17, 15) is 8.42 Å². The molecule has 0 radical (unpaired) electrons. The zero-order chi connectivity index (χ0) is 10.6. The summed E-state index contributed by atoms with van der Waals surface area (Å²) in [5.74, 6) is -0.0742. The Bertz CT molecular complexity index is 450. The molecule has 15 heavy (non-hydrogen) atoms. The minimum Gasteiger partial charge on any atom is -1.00 e. The quantitative estimate of drug-likeness (QED) is 0.642. The van der Waals surface area contributed by atoms with Crippen molar-refractivity contribution < 1.29 is 20.8 Å². The Labute approximate surface area is 94.6 Å². The average Bonchev–Trinajstić information content (AvgIpc) is 2.19. The van der Waals surface area contributed by atoms with E-state index in [1.54, 1.807) is 24.3 Å². The van der Waals surface area contributed by atoms with Crippen molar-refractivity contribution in [1.29, 1.82) is 5.39 Å². The second-order valence-electron chi connectivity index (χ2n) is 2.73. The maximum absolute atomic E-state index is 11.1. The van der Waals surface area contributed by atoms with Gasteiger partial charge in [0.1, 0.15) is 0 Å². The molecule has 0 aliphatic carbocycles. The van der Waals surface area contributed by atoms with Gasteiger partial charge >= 0.3 is 5.69 Å². The fraction of sp³-hybridized carbons (Fsp3) is 0.250. The molecule has 1 aromatic rings. The fourth-order valence-corrected chi connectivity index (χ4v) is 1.73. The Balaban J connectivity index is 0.00000196. The summed E-state index contributed by atoms with van der Waals surface area (Å²) in [6.45, 7) is 0. The Morgan fingerprint density at radius 2 is 1.87 bits per heavy atom. The minimum atomic E-state index is -3.24. The molecule has 0 spiro atoms. The first kappa shape index (κ1) is 13.8. The predicted octanol–water partition coefficient (Wildman–Crippen LogP) is -1.78. The molecule has 1 aromatic carbocycles.